The first-order chi connectivity index (χ1) is 19.0. The van der Waals surface area contributed by atoms with Crippen molar-refractivity contribution < 1.29 is 14.3 Å². The van der Waals surface area contributed by atoms with E-state index in [2.05, 4.69) is 37.2 Å². The molecule has 0 unspecified atom stereocenters. The molecule has 1 amide bonds. The SMILES string of the molecule is CCOc1cc(C=Nc2sc3c(c2C(=O)Nc2ccccc2)CCCC3)cc(Br)c1OCc1ccc(Br)cc1. The zero-order chi connectivity index (χ0) is 27.2. The van der Waals surface area contributed by atoms with E-state index in [0.29, 0.717) is 30.3 Å². The molecule has 5 rings (SSSR count). The molecule has 1 aliphatic carbocycles. The predicted molar refractivity (Wildman–Crippen MR) is 166 cm³/mol. The van der Waals surface area contributed by atoms with E-state index in [1.54, 1.807) is 17.6 Å². The molecule has 200 valence electrons. The lowest BCUT2D eigenvalue weighted by Crippen LogP contribution is -2.14. The fraction of sp³-hybridized carbons (Fsp3) is 0.226. The van der Waals surface area contributed by atoms with Crippen LogP contribution in [0.4, 0.5) is 10.7 Å². The van der Waals surface area contributed by atoms with Crippen LogP contribution in [0, 0.1) is 0 Å². The van der Waals surface area contributed by atoms with E-state index in [4.69, 9.17) is 14.5 Å². The second-order valence-electron chi connectivity index (χ2n) is 9.15. The Kier molecular flexibility index (Phi) is 9.17. The summed E-state index contributed by atoms with van der Waals surface area (Å²) in [5, 5.41) is 3.79. The molecule has 1 heterocycles. The van der Waals surface area contributed by atoms with Gasteiger partial charge >= 0.3 is 0 Å². The van der Waals surface area contributed by atoms with Crippen LogP contribution in [0.2, 0.25) is 0 Å². The molecule has 0 saturated heterocycles. The number of fused-ring (bicyclic) bond motifs is 1. The van der Waals surface area contributed by atoms with Crippen LogP contribution in [0.15, 0.2) is 80.7 Å². The maximum Gasteiger partial charge on any atom is 0.259 e. The molecule has 0 aliphatic heterocycles. The normalized spacial score (nSPS) is 12.8. The second kappa shape index (κ2) is 12.9. The third kappa shape index (κ3) is 6.80. The number of benzene rings is 3. The van der Waals surface area contributed by atoms with Gasteiger partial charge in [0.05, 0.1) is 16.6 Å². The van der Waals surface area contributed by atoms with Crippen molar-refractivity contribution in [3.8, 4) is 11.5 Å². The Morgan fingerprint density at radius 3 is 2.56 bits per heavy atom. The van der Waals surface area contributed by atoms with Crippen molar-refractivity contribution in [2.45, 2.75) is 39.2 Å². The number of aliphatic imine (C=N–C) groups is 1. The van der Waals surface area contributed by atoms with E-state index in [-0.39, 0.29) is 5.91 Å². The summed E-state index contributed by atoms with van der Waals surface area (Å²) in [6.45, 7) is 2.87. The van der Waals surface area contributed by atoms with Gasteiger partial charge in [-0.1, -0.05) is 46.3 Å². The van der Waals surface area contributed by atoms with Gasteiger partial charge in [-0.15, -0.1) is 11.3 Å². The molecule has 3 aromatic carbocycles. The first-order valence-corrected chi connectivity index (χ1v) is 15.3. The van der Waals surface area contributed by atoms with Crippen molar-refractivity contribution in [1.29, 1.82) is 0 Å². The number of anilines is 1. The highest BCUT2D eigenvalue weighted by Crippen LogP contribution is 2.41. The summed E-state index contributed by atoms with van der Waals surface area (Å²) >= 11 is 8.75. The van der Waals surface area contributed by atoms with Gasteiger partial charge in [0.2, 0.25) is 0 Å². The molecule has 1 N–H and O–H groups in total. The quantitative estimate of drug-likeness (QED) is 0.181. The first kappa shape index (κ1) is 27.6. The third-order valence-electron chi connectivity index (χ3n) is 6.37. The molecule has 0 atom stereocenters. The van der Waals surface area contributed by atoms with E-state index >= 15 is 0 Å². The zero-order valence-corrected chi connectivity index (χ0v) is 25.5. The predicted octanol–water partition coefficient (Wildman–Crippen LogP) is 9.13. The van der Waals surface area contributed by atoms with Gasteiger partial charge in [0.25, 0.3) is 5.91 Å². The highest BCUT2D eigenvalue weighted by molar-refractivity contribution is 9.10. The Morgan fingerprint density at radius 2 is 1.79 bits per heavy atom. The number of halogens is 2. The summed E-state index contributed by atoms with van der Waals surface area (Å²) in [4.78, 5) is 19.5. The van der Waals surface area contributed by atoms with Gasteiger partial charge in [-0.05, 0) is 102 Å². The number of amides is 1. The smallest absolute Gasteiger partial charge is 0.259 e. The Hall–Kier alpha value is -2.94. The molecule has 0 fully saturated rings. The molecular formula is C31H28Br2N2O3S. The number of para-hydroxylation sites is 1. The average molecular weight is 668 g/mol. The third-order valence-corrected chi connectivity index (χ3v) is 8.69. The van der Waals surface area contributed by atoms with Crippen molar-refractivity contribution in [1.82, 2.24) is 0 Å². The van der Waals surface area contributed by atoms with Crippen LogP contribution in [0.25, 0.3) is 0 Å². The van der Waals surface area contributed by atoms with Crippen LogP contribution in [-0.2, 0) is 19.4 Å². The lowest BCUT2D eigenvalue weighted by molar-refractivity contribution is 0.102. The fourth-order valence-electron chi connectivity index (χ4n) is 4.53. The van der Waals surface area contributed by atoms with E-state index < -0.39 is 0 Å². The Labute approximate surface area is 249 Å². The summed E-state index contributed by atoms with van der Waals surface area (Å²) in [6, 6.07) is 21.5. The van der Waals surface area contributed by atoms with Crippen molar-refractivity contribution >= 4 is 66.0 Å². The van der Waals surface area contributed by atoms with Gasteiger partial charge in [0.15, 0.2) is 11.5 Å². The maximum atomic E-state index is 13.4. The molecular weight excluding hydrogens is 640 g/mol. The largest absolute Gasteiger partial charge is 0.490 e. The number of ether oxygens (including phenoxy) is 2. The van der Waals surface area contributed by atoms with Crippen LogP contribution < -0.4 is 14.8 Å². The van der Waals surface area contributed by atoms with Crippen LogP contribution in [0.5, 0.6) is 11.5 Å². The Bertz CT molecular complexity index is 1480. The highest BCUT2D eigenvalue weighted by Gasteiger charge is 2.25. The molecule has 4 aromatic rings. The standard InChI is InChI=1S/C31H28Br2N2O3S/c1-2-37-26-17-21(16-25(33)29(26)38-19-20-12-14-22(32)15-13-20)18-34-31-28(24-10-6-7-11-27(24)39-31)30(36)35-23-8-4-3-5-9-23/h3-5,8-9,12-18H,2,6-7,10-11,19H2,1H3,(H,35,36). The Balaban J connectivity index is 1.42. The number of carbonyl (C=O) groups excluding carboxylic acids is 1. The van der Waals surface area contributed by atoms with Gasteiger partial charge in [0.1, 0.15) is 11.6 Å². The summed E-state index contributed by atoms with van der Waals surface area (Å²) < 4.78 is 13.9. The number of rotatable bonds is 9. The maximum absolute atomic E-state index is 13.4. The minimum absolute atomic E-state index is 0.111. The summed E-state index contributed by atoms with van der Waals surface area (Å²) in [5.74, 6) is 1.17. The number of nitrogens with zero attached hydrogens (tertiary/aromatic N) is 1. The van der Waals surface area contributed by atoms with Crippen LogP contribution in [-0.4, -0.2) is 18.7 Å². The molecule has 8 heteroatoms. The second-order valence-corrected chi connectivity index (χ2v) is 12.0. The van der Waals surface area contributed by atoms with E-state index in [9.17, 15) is 4.79 Å². The molecule has 5 nitrogen and oxygen atoms in total. The molecule has 0 bridgehead atoms. The highest BCUT2D eigenvalue weighted by atomic mass is 79.9. The molecule has 0 saturated carbocycles. The minimum Gasteiger partial charge on any atom is -0.490 e. The number of aryl methyl sites for hydroxylation is 1. The van der Waals surface area contributed by atoms with Crippen molar-refractivity contribution in [3.05, 3.63) is 103 Å². The molecule has 39 heavy (non-hydrogen) atoms. The number of thiophene rings is 1. The zero-order valence-electron chi connectivity index (χ0n) is 21.5. The lowest BCUT2D eigenvalue weighted by atomic mass is 9.95. The molecule has 1 aliphatic rings. The van der Waals surface area contributed by atoms with E-state index in [1.165, 1.54) is 4.88 Å². The first-order valence-electron chi connectivity index (χ1n) is 12.9. The minimum atomic E-state index is -0.111. The monoisotopic (exact) mass is 666 g/mol. The van der Waals surface area contributed by atoms with Crippen LogP contribution in [0.1, 0.15) is 51.7 Å². The van der Waals surface area contributed by atoms with Gasteiger partial charge in [0, 0.05) is 21.3 Å². The Morgan fingerprint density at radius 1 is 1.03 bits per heavy atom. The van der Waals surface area contributed by atoms with Crippen LogP contribution in [0.3, 0.4) is 0 Å². The van der Waals surface area contributed by atoms with Crippen molar-refractivity contribution in [3.63, 3.8) is 0 Å². The molecule has 0 radical (unpaired) electrons. The van der Waals surface area contributed by atoms with Gasteiger partial charge in [-0.25, -0.2) is 4.99 Å². The van der Waals surface area contributed by atoms with Gasteiger partial charge in [-0.2, -0.15) is 0 Å². The number of hydrogen-bond donors (Lipinski definition) is 1. The lowest BCUT2D eigenvalue weighted by Gasteiger charge is -2.15. The van der Waals surface area contributed by atoms with Crippen molar-refractivity contribution in [2.75, 3.05) is 11.9 Å². The van der Waals surface area contributed by atoms with E-state index in [0.717, 1.165) is 62.0 Å². The van der Waals surface area contributed by atoms with E-state index in [1.807, 2.05) is 73.7 Å². The molecule has 0 spiro atoms. The fourth-order valence-corrected chi connectivity index (χ4v) is 6.60. The topological polar surface area (TPSA) is 59.9 Å². The number of nitrogens with one attached hydrogen (secondary N) is 1. The average Bonchev–Trinajstić information content (AvgIpc) is 3.32. The summed E-state index contributed by atoms with van der Waals surface area (Å²) in [7, 11) is 0. The van der Waals surface area contributed by atoms with Crippen LogP contribution >= 0.6 is 43.2 Å². The van der Waals surface area contributed by atoms with Gasteiger partial charge in [-0.3, -0.25) is 4.79 Å². The van der Waals surface area contributed by atoms with Gasteiger partial charge < -0.3 is 14.8 Å². The summed E-state index contributed by atoms with van der Waals surface area (Å²) in [6.07, 6.45) is 5.92. The summed E-state index contributed by atoms with van der Waals surface area (Å²) in [5.41, 5.74) is 4.51. The number of carbonyl (C=O) groups is 1. The number of hydrogen-bond acceptors (Lipinski definition) is 5. The van der Waals surface area contributed by atoms with Crippen molar-refractivity contribution in [2.24, 2.45) is 4.99 Å². The molecule has 1 aromatic heterocycles.